The third-order valence-corrected chi connectivity index (χ3v) is 5.08. The molecule has 0 saturated heterocycles. The van der Waals surface area contributed by atoms with Gasteiger partial charge in [-0.25, -0.2) is 0 Å². The summed E-state index contributed by atoms with van der Waals surface area (Å²) in [5.74, 6) is 1.16. The summed E-state index contributed by atoms with van der Waals surface area (Å²) in [5.41, 5.74) is 2.71. The zero-order chi connectivity index (χ0) is 19.9. The highest BCUT2D eigenvalue weighted by Crippen LogP contribution is 2.25. The normalized spacial score (nSPS) is 10.8. The first-order chi connectivity index (χ1) is 13.6. The summed E-state index contributed by atoms with van der Waals surface area (Å²) in [4.78, 5) is 16.8. The largest absolute Gasteiger partial charge is 0.325 e. The highest BCUT2D eigenvalue weighted by Gasteiger charge is 2.16. The number of pyridine rings is 1. The number of allylic oxidation sites excluding steroid dienone is 1. The lowest BCUT2D eigenvalue weighted by molar-refractivity contribution is -0.113. The van der Waals surface area contributed by atoms with Crippen LogP contribution in [-0.4, -0.2) is 31.4 Å². The highest BCUT2D eigenvalue weighted by molar-refractivity contribution is 7.99. The van der Waals surface area contributed by atoms with Gasteiger partial charge in [-0.2, -0.15) is 0 Å². The highest BCUT2D eigenvalue weighted by atomic mass is 32.2. The Kier molecular flexibility index (Phi) is 6.60. The van der Waals surface area contributed by atoms with Gasteiger partial charge in [-0.3, -0.25) is 14.3 Å². The van der Waals surface area contributed by atoms with Crippen molar-refractivity contribution in [1.82, 2.24) is 19.7 Å². The van der Waals surface area contributed by atoms with Gasteiger partial charge in [0, 0.05) is 18.4 Å². The minimum Gasteiger partial charge on any atom is -0.325 e. The van der Waals surface area contributed by atoms with E-state index in [0.717, 1.165) is 16.9 Å². The number of thioether (sulfide) groups is 1. The van der Waals surface area contributed by atoms with E-state index in [4.69, 9.17) is 0 Å². The average molecular weight is 394 g/mol. The van der Waals surface area contributed by atoms with Gasteiger partial charge in [0.15, 0.2) is 11.0 Å². The fourth-order valence-electron chi connectivity index (χ4n) is 2.80. The molecule has 2 heterocycles. The Labute approximate surface area is 169 Å². The standard InChI is InChI=1S/C21H23N5OS/c1-4-13-26-20(18-11-7-8-12-22-18)24-25-21(26)28-14-19(27)23-17-10-6-5-9-16(17)15(2)3/h4-12,15H,1,13-14H2,2-3H3,(H,23,27). The maximum Gasteiger partial charge on any atom is 0.234 e. The van der Waals surface area contributed by atoms with Gasteiger partial charge in [0.25, 0.3) is 0 Å². The first kappa shape index (κ1) is 19.8. The number of aromatic nitrogens is 4. The Morgan fingerprint density at radius 1 is 1.21 bits per heavy atom. The average Bonchev–Trinajstić information content (AvgIpc) is 3.10. The number of hydrogen-bond donors (Lipinski definition) is 1. The van der Waals surface area contributed by atoms with E-state index in [-0.39, 0.29) is 11.7 Å². The molecule has 28 heavy (non-hydrogen) atoms. The van der Waals surface area contributed by atoms with E-state index in [2.05, 4.69) is 40.9 Å². The summed E-state index contributed by atoms with van der Waals surface area (Å²) < 4.78 is 1.91. The smallest absolute Gasteiger partial charge is 0.234 e. The second kappa shape index (κ2) is 9.32. The molecular weight excluding hydrogens is 370 g/mol. The maximum absolute atomic E-state index is 12.5. The molecule has 0 unspecified atom stereocenters. The van der Waals surface area contributed by atoms with Crippen molar-refractivity contribution in [2.75, 3.05) is 11.1 Å². The molecule has 0 bridgehead atoms. The quantitative estimate of drug-likeness (QED) is 0.454. The lowest BCUT2D eigenvalue weighted by Crippen LogP contribution is -2.16. The van der Waals surface area contributed by atoms with Crippen LogP contribution in [0.4, 0.5) is 5.69 Å². The Hall–Kier alpha value is -2.93. The molecule has 0 radical (unpaired) electrons. The second-order valence-corrected chi connectivity index (χ2v) is 7.44. The molecular formula is C21H23N5OS. The van der Waals surface area contributed by atoms with Crippen molar-refractivity contribution in [3.8, 4) is 11.5 Å². The summed E-state index contributed by atoms with van der Waals surface area (Å²) in [7, 11) is 0. The number of rotatable bonds is 8. The fourth-order valence-corrected chi connectivity index (χ4v) is 3.55. The molecule has 0 saturated carbocycles. The van der Waals surface area contributed by atoms with Crippen molar-refractivity contribution in [2.45, 2.75) is 31.5 Å². The van der Waals surface area contributed by atoms with E-state index in [0.29, 0.717) is 23.4 Å². The van der Waals surface area contributed by atoms with Crippen LogP contribution in [0.3, 0.4) is 0 Å². The molecule has 2 aromatic heterocycles. The lowest BCUT2D eigenvalue weighted by Gasteiger charge is -2.13. The van der Waals surface area contributed by atoms with Gasteiger partial charge in [0.1, 0.15) is 5.69 Å². The topological polar surface area (TPSA) is 72.7 Å². The van der Waals surface area contributed by atoms with Crippen LogP contribution in [0.25, 0.3) is 11.5 Å². The van der Waals surface area contributed by atoms with E-state index in [1.165, 1.54) is 11.8 Å². The Morgan fingerprint density at radius 2 is 2.00 bits per heavy atom. The third-order valence-electron chi connectivity index (χ3n) is 4.11. The van der Waals surface area contributed by atoms with Crippen LogP contribution in [0.1, 0.15) is 25.3 Å². The van der Waals surface area contributed by atoms with E-state index in [1.807, 2.05) is 47.0 Å². The molecule has 3 aromatic rings. The van der Waals surface area contributed by atoms with Crippen molar-refractivity contribution in [2.24, 2.45) is 0 Å². The fraction of sp³-hybridized carbons (Fsp3) is 0.238. The minimum absolute atomic E-state index is 0.0781. The van der Waals surface area contributed by atoms with Gasteiger partial charge >= 0.3 is 0 Å². The van der Waals surface area contributed by atoms with Crippen LogP contribution in [0.5, 0.6) is 0 Å². The molecule has 3 rings (SSSR count). The van der Waals surface area contributed by atoms with Crippen LogP contribution >= 0.6 is 11.8 Å². The molecule has 0 fully saturated rings. The predicted octanol–water partition coefficient (Wildman–Crippen LogP) is 4.38. The number of nitrogens with zero attached hydrogens (tertiary/aromatic N) is 4. The molecule has 144 valence electrons. The molecule has 1 amide bonds. The van der Waals surface area contributed by atoms with E-state index < -0.39 is 0 Å². The summed E-state index contributed by atoms with van der Waals surface area (Å²) >= 11 is 1.35. The number of carbonyl (C=O) groups is 1. The second-order valence-electron chi connectivity index (χ2n) is 6.50. The summed E-state index contributed by atoms with van der Waals surface area (Å²) in [6, 6.07) is 13.5. The van der Waals surface area contributed by atoms with Gasteiger partial charge in [-0.05, 0) is 29.7 Å². The maximum atomic E-state index is 12.5. The molecule has 0 spiro atoms. The molecule has 0 aliphatic rings. The third kappa shape index (κ3) is 4.67. The van der Waals surface area contributed by atoms with Crippen molar-refractivity contribution < 1.29 is 4.79 Å². The van der Waals surface area contributed by atoms with Gasteiger partial charge < -0.3 is 5.32 Å². The van der Waals surface area contributed by atoms with E-state index in [9.17, 15) is 4.79 Å². The number of hydrogen-bond acceptors (Lipinski definition) is 5. The van der Waals surface area contributed by atoms with Crippen molar-refractivity contribution in [1.29, 1.82) is 0 Å². The van der Waals surface area contributed by atoms with Crippen LogP contribution in [0.15, 0.2) is 66.5 Å². The van der Waals surface area contributed by atoms with Gasteiger partial charge in [-0.15, -0.1) is 16.8 Å². The summed E-state index contributed by atoms with van der Waals surface area (Å²) in [5, 5.41) is 12.2. The van der Waals surface area contributed by atoms with Crippen LogP contribution in [0, 0.1) is 0 Å². The van der Waals surface area contributed by atoms with Crippen molar-refractivity contribution in [3.63, 3.8) is 0 Å². The number of amides is 1. The van der Waals surface area contributed by atoms with Crippen LogP contribution in [0.2, 0.25) is 0 Å². The molecule has 7 heteroatoms. The number of carbonyl (C=O) groups excluding carboxylic acids is 1. The SMILES string of the molecule is C=CCn1c(SCC(=O)Nc2ccccc2C(C)C)nnc1-c1ccccn1. The Morgan fingerprint density at radius 3 is 2.71 bits per heavy atom. The molecule has 1 N–H and O–H groups in total. The summed E-state index contributed by atoms with van der Waals surface area (Å²) in [6.07, 6.45) is 3.49. The molecule has 6 nitrogen and oxygen atoms in total. The molecule has 0 aliphatic carbocycles. The van der Waals surface area contributed by atoms with Crippen molar-refractivity contribution in [3.05, 3.63) is 66.9 Å². The Balaban J connectivity index is 1.72. The van der Waals surface area contributed by atoms with E-state index >= 15 is 0 Å². The molecule has 0 atom stereocenters. The van der Waals surface area contributed by atoms with Gasteiger partial charge in [0.05, 0.1) is 5.75 Å². The molecule has 1 aromatic carbocycles. The zero-order valence-electron chi connectivity index (χ0n) is 16.0. The number of benzene rings is 1. The van der Waals surface area contributed by atoms with Crippen LogP contribution in [-0.2, 0) is 11.3 Å². The minimum atomic E-state index is -0.0781. The number of anilines is 1. The van der Waals surface area contributed by atoms with Crippen LogP contribution < -0.4 is 5.32 Å². The van der Waals surface area contributed by atoms with Crippen molar-refractivity contribution >= 4 is 23.4 Å². The monoisotopic (exact) mass is 393 g/mol. The molecule has 0 aliphatic heterocycles. The van der Waals surface area contributed by atoms with E-state index in [1.54, 1.807) is 12.3 Å². The number of para-hydroxylation sites is 1. The summed E-state index contributed by atoms with van der Waals surface area (Å²) in [6.45, 7) is 8.56. The van der Waals surface area contributed by atoms with Gasteiger partial charge in [-0.1, -0.05) is 56.0 Å². The predicted molar refractivity (Wildman–Crippen MR) is 113 cm³/mol. The lowest BCUT2D eigenvalue weighted by atomic mass is 10.0. The number of nitrogens with one attached hydrogen (secondary N) is 1. The first-order valence-electron chi connectivity index (χ1n) is 9.07. The first-order valence-corrected chi connectivity index (χ1v) is 10.1. The Bertz CT molecular complexity index is 952. The zero-order valence-corrected chi connectivity index (χ0v) is 16.8. The van der Waals surface area contributed by atoms with Gasteiger partial charge in [0.2, 0.25) is 5.91 Å².